The first-order chi connectivity index (χ1) is 14.0. The molecule has 1 saturated heterocycles. The van der Waals surface area contributed by atoms with Crippen LogP contribution in [0.1, 0.15) is 44.9 Å². The van der Waals surface area contributed by atoms with Gasteiger partial charge in [-0.25, -0.2) is 14.7 Å². The first-order valence-electron chi connectivity index (χ1n) is 10.8. The number of nitrogens with one attached hydrogen (secondary N) is 2. The average molecular weight is 419 g/mol. The molecule has 158 valence electrons. The monoisotopic (exact) mass is 418 g/mol. The van der Waals surface area contributed by atoms with Crippen molar-refractivity contribution in [1.82, 2.24) is 24.0 Å². The Bertz CT molecular complexity index is 964. The molecule has 2 aliphatic carbocycles. The lowest BCUT2D eigenvalue weighted by Gasteiger charge is -2.26. The van der Waals surface area contributed by atoms with Gasteiger partial charge in [0.05, 0.1) is 5.39 Å². The van der Waals surface area contributed by atoms with Crippen LogP contribution < -0.4 is 9.62 Å². The van der Waals surface area contributed by atoms with Gasteiger partial charge in [-0.3, -0.25) is 0 Å². The van der Waals surface area contributed by atoms with Crippen LogP contribution in [0.2, 0.25) is 0 Å². The van der Waals surface area contributed by atoms with Crippen molar-refractivity contribution in [2.45, 2.75) is 44.9 Å². The number of rotatable bonds is 5. The molecule has 0 amide bonds. The number of hydrogen-bond donors (Lipinski definition) is 2. The quantitative estimate of drug-likeness (QED) is 0.777. The second kappa shape index (κ2) is 7.52. The summed E-state index contributed by atoms with van der Waals surface area (Å²) in [6.07, 6.45) is 11.6. The Morgan fingerprint density at radius 1 is 1.14 bits per heavy atom. The van der Waals surface area contributed by atoms with Crippen molar-refractivity contribution in [2.24, 2.45) is 11.3 Å². The summed E-state index contributed by atoms with van der Waals surface area (Å²) in [4.78, 5) is 14.2. The van der Waals surface area contributed by atoms with E-state index in [4.69, 9.17) is 0 Å². The summed E-state index contributed by atoms with van der Waals surface area (Å²) in [6, 6.07) is 2.00. The number of aromatic amines is 1. The molecule has 2 saturated carbocycles. The second-order valence-electron chi connectivity index (χ2n) is 9.05. The molecule has 3 aliphatic rings. The van der Waals surface area contributed by atoms with E-state index in [2.05, 4.69) is 24.6 Å². The van der Waals surface area contributed by atoms with Crippen molar-refractivity contribution < 1.29 is 8.42 Å². The van der Waals surface area contributed by atoms with Gasteiger partial charge in [0.25, 0.3) is 10.2 Å². The molecular weight excluding hydrogens is 388 g/mol. The van der Waals surface area contributed by atoms with Crippen molar-refractivity contribution in [3.8, 4) is 0 Å². The molecule has 2 N–H and O–H groups in total. The van der Waals surface area contributed by atoms with Gasteiger partial charge in [-0.2, -0.15) is 12.7 Å². The fourth-order valence-electron chi connectivity index (χ4n) is 4.91. The SMILES string of the molecule is O=S(=O)(NCC1CCCCC1)N1CCN(c2ncnc3[nH]ccc23)CC2(CC2)C1. The minimum atomic E-state index is -3.46. The van der Waals surface area contributed by atoms with Gasteiger partial charge in [0.15, 0.2) is 0 Å². The smallest absolute Gasteiger partial charge is 0.279 e. The summed E-state index contributed by atoms with van der Waals surface area (Å²) in [5.74, 6) is 1.39. The van der Waals surface area contributed by atoms with Gasteiger partial charge in [0.1, 0.15) is 17.8 Å². The van der Waals surface area contributed by atoms with E-state index in [1.807, 2.05) is 12.3 Å². The zero-order valence-electron chi connectivity index (χ0n) is 16.8. The molecule has 29 heavy (non-hydrogen) atoms. The topological polar surface area (TPSA) is 94.2 Å². The lowest BCUT2D eigenvalue weighted by atomic mass is 9.90. The van der Waals surface area contributed by atoms with Crippen molar-refractivity contribution in [3.63, 3.8) is 0 Å². The molecule has 2 aromatic rings. The summed E-state index contributed by atoms with van der Waals surface area (Å²) >= 11 is 0. The summed E-state index contributed by atoms with van der Waals surface area (Å²) < 4.78 is 30.8. The Morgan fingerprint density at radius 2 is 1.97 bits per heavy atom. The number of nitrogens with zero attached hydrogens (tertiary/aromatic N) is 4. The van der Waals surface area contributed by atoms with E-state index in [1.54, 1.807) is 10.6 Å². The highest BCUT2D eigenvalue weighted by atomic mass is 32.2. The van der Waals surface area contributed by atoms with E-state index >= 15 is 0 Å². The van der Waals surface area contributed by atoms with E-state index in [-0.39, 0.29) is 5.41 Å². The number of anilines is 1. The normalized spacial score (nSPS) is 23.5. The summed E-state index contributed by atoms with van der Waals surface area (Å²) in [5.41, 5.74) is 0.867. The zero-order chi connectivity index (χ0) is 19.9. The third-order valence-electron chi connectivity index (χ3n) is 6.87. The fourth-order valence-corrected chi connectivity index (χ4v) is 6.31. The Labute approximate surface area is 172 Å². The summed E-state index contributed by atoms with van der Waals surface area (Å²) in [6.45, 7) is 3.15. The van der Waals surface area contributed by atoms with Crippen LogP contribution >= 0.6 is 0 Å². The van der Waals surface area contributed by atoms with E-state index in [0.717, 1.165) is 49.1 Å². The molecule has 2 aromatic heterocycles. The predicted molar refractivity (Wildman–Crippen MR) is 113 cm³/mol. The second-order valence-corrected chi connectivity index (χ2v) is 10.8. The Kier molecular flexibility index (Phi) is 4.99. The minimum absolute atomic E-state index is 0.0453. The van der Waals surface area contributed by atoms with Crippen molar-refractivity contribution in [2.75, 3.05) is 37.6 Å². The maximum absolute atomic E-state index is 13.1. The molecule has 0 aromatic carbocycles. The van der Waals surface area contributed by atoms with Crippen LogP contribution in [-0.4, -0.2) is 60.4 Å². The first kappa shape index (κ1) is 19.3. The highest BCUT2D eigenvalue weighted by molar-refractivity contribution is 7.87. The van der Waals surface area contributed by atoms with Crippen LogP contribution in [0.4, 0.5) is 5.82 Å². The molecule has 0 atom stereocenters. The molecule has 0 radical (unpaired) electrons. The fraction of sp³-hybridized carbons (Fsp3) is 0.700. The standard InChI is InChI=1S/C20H30N6O2S/c27-29(28,24-12-16-4-2-1-3-5-16)26-11-10-25(13-20(14-26)7-8-20)19-17-6-9-21-18(17)22-15-23-19/h6,9,15-16,24H,1-5,7-8,10-14H2,(H,21,22,23). The predicted octanol–water partition coefficient (Wildman–Crippen LogP) is 2.27. The van der Waals surface area contributed by atoms with Gasteiger partial charge in [0, 0.05) is 44.3 Å². The van der Waals surface area contributed by atoms with Crippen LogP contribution in [0.15, 0.2) is 18.6 Å². The highest BCUT2D eigenvalue weighted by Crippen LogP contribution is 2.49. The Hall–Kier alpha value is -1.71. The molecule has 0 unspecified atom stereocenters. The van der Waals surface area contributed by atoms with Gasteiger partial charge < -0.3 is 9.88 Å². The molecule has 0 bridgehead atoms. The van der Waals surface area contributed by atoms with Crippen molar-refractivity contribution in [3.05, 3.63) is 18.6 Å². The molecule has 1 aliphatic heterocycles. The minimum Gasteiger partial charge on any atom is -0.354 e. The number of aromatic nitrogens is 3. The number of hydrogen-bond acceptors (Lipinski definition) is 5. The highest BCUT2D eigenvalue weighted by Gasteiger charge is 2.49. The third kappa shape index (κ3) is 4.00. The van der Waals surface area contributed by atoms with Gasteiger partial charge >= 0.3 is 0 Å². The van der Waals surface area contributed by atoms with Crippen LogP contribution in [-0.2, 0) is 10.2 Å². The van der Waals surface area contributed by atoms with Crippen molar-refractivity contribution in [1.29, 1.82) is 0 Å². The molecular formula is C20H30N6O2S. The molecule has 1 spiro atoms. The number of fused-ring (bicyclic) bond motifs is 1. The molecule has 8 nitrogen and oxygen atoms in total. The molecule has 9 heteroatoms. The molecule has 5 rings (SSSR count). The molecule has 3 heterocycles. The third-order valence-corrected chi connectivity index (χ3v) is 8.39. The van der Waals surface area contributed by atoms with E-state index in [1.165, 1.54) is 19.3 Å². The zero-order valence-corrected chi connectivity index (χ0v) is 17.6. The van der Waals surface area contributed by atoms with Crippen molar-refractivity contribution >= 4 is 27.1 Å². The maximum Gasteiger partial charge on any atom is 0.279 e. The van der Waals surface area contributed by atoms with Crippen LogP contribution in [0.5, 0.6) is 0 Å². The lowest BCUT2D eigenvalue weighted by molar-refractivity contribution is 0.338. The van der Waals surface area contributed by atoms with E-state index in [9.17, 15) is 8.42 Å². The van der Waals surface area contributed by atoms with E-state index < -0.39 is 10.2 Å². The average Bonchev–Trinajstić information content (AvgIpc) is 3.38. The maximum atomic E-state index is 13.1. The van der Waals surface area contributed by atoms with Gasteiger partial charge in [-0.05, 0) is 37.7 Å². The molecule has 3 fully saturated rings. The Morgan fingerprint density at radius 3 is 2.76 bits per heavy atom. The number of H-pyrrole nitrogens is 1. The summed E-state index contributed by atoms with van der Waals surface area (Å²) in [7, 11) is -3.46. The Balaban J connectivity index is 1.32. The lowest BCUT2D eigenvalue weighted by Crippen LogP contribution is -2.45. The summed E-state index contributed by atoms with van der Waals surface area (Å²) in [5, 5.41) is 0.995. The van der Waals surface area contributed by atoms with E-state index in [0.29, 0.717) is 32.1 Å². The van der Waals surface area contributed by atoms with Crippen LogP contribution in [0, 0.1) is 11.3 Å². The largest absolute Gasteiger partial charge is 0.354 e. The van der Waals surface area contributed by atoms with Crippen LogP contribution in [0.25, 0.3) is 11.0 Å². The van der Waals surface area contributed by atoms with Gasteiger partial charge in [-0.1, -0.05) is 19.3 Å². The van der Waals surface area contributed by atoms with Gasteiger partial charge in [-0.15, -0.1) is 0 Å². The first-order valence-corrected chi connectivity index (χ1v) is 12.3. The van der Waals surface area contributed by atoms with Gasteiger partial charge in [0.2, 0.25) is 0 Å². The van der Waals surface area contributed by atoms with Crippen LogP contribution in [0.3, 0.4) is 0 Å².